The van der Waals surface area contributed by atoms with Gasteiger partial charge in [0.2, 0.25) is 0 Å². The third kappa shape index (κ3) is 1.87. The molecule has 2 nitrogen and oxygen atoms in total. The summed E-state index contributed by atoms with van der Waals surface area (Å²) in [6.07, 6.45) is 6.57. The molecule has 1 aromatic heterocycles. The number of hydrogen-bond donors (Lipinski definition) is 0. The molecule has 0 aromatic carbocycles. The van der Waals surface area contributed by atoms with E-state index in [1.165, 1.54) is 29.8 Å². The Labute approximate surface area is 88.4 Å². The number of fused-ring (bicyclic) bond motifs is 1. The van der Waals surface area contributed by atoms with Crippen LogP contribution < -0.4 is 0 Å². The Morgan fingerprint density at radius 2 is 2.14 bits per heavy atom. The van der Waals surface area contributed by atoms with Crippen molar-refractivity contribution >= 4 is 17.1 Å². The van der Waals surface area contributed by atoms with E-state index in [2.05, 4.69) is 4.98 Å². The largest absolute Gasteiger partial charge is 0.292 e. The van der Waals surface area contributed by atoms with Crippen LogP contribution in [0.15, 0.2) is 0 Å². The molecule has 2 rings (SSSR count). The van der Waals surface area contributed by atoms with Crippen LogP contribution in [0.2, 0.25) is 0 Å². The monoisotopic (exact) mass is 209 g/mol. The minimum absolute atomic E-state index is 0.197. The van der Waals surface area contributed by atoms with Gasteiger partial charge in [0.05, 0.1) is 5.69 Å². The molecule has 0 unspecified atom stereocenters. The molecule has 0 radical (unpaired) electrons. The number of nitrogens with zero attached hydrogens (tertiary/aromatic N) is 1. The van der Waals surface area contributed by atoms with Gasteiger partial charge >= 0.3 is 0 Å². The smallest absolute Gasteiger partial charge is 0.191 e. The number of carbonyl (C=O) groups excluding carboxylic acids is 1. The zero-order chi connectivity index (χ0) is 9.97. The van der Waals surface area contributed by atoms with Crippen molar-refractivity contribution < 1.29 is 4.79 Å². The number of carbonyl (C=O) groups is 1. The van der Waals surface area contributed by atoms with E-state index in [1.807, 2.05) is 6.92 Å². The molecule has 1 aromatic rings. The van der Waals surface area contributed by atoms with E-state index in [1.54, 1.807) is 11.3 Å². The lowest BCUT2D eigenvalue weighted by Crippen LogP contribution is -1.96. The SMILES string of the molecule is CCC(=O)c1nc2c(s1)CCCCC2. The molecule has 3 heteroatoms. The zero-order valence-corrected chi connectivity index (χ0v) is 9.32. The second-order valence-corrected chi connectivity index (χ2v) is 4.81. The fraction of sp³-hybridized carbons (Fsp3) is 0.636. The molecule has 0 spiro atoms. The molecule has 0 bridgehead atoms. The molecular weight excluding hydrogens is 194 g/mol. The van der Waals surface area contributed by atoms with Gasteiger partial charge in [-0.1, -0.05) is 13.3 Å². The molecule has 1 heterocycles. The van der Waals surface area contributed by atoms with Crippen molar-refractivity contribution in [1.29, 1.82) is 0 Å². The van der Waals surface area contributed by atoms with Gasteiger partial charge in [0.25, 0.3) is 0 Å². The summed E-state index contributed by atoms with van der Waals surface area (Å²) < 4.78 is 0. The van der Waals surface area contributed by atoms with Crippen LogP contribution in [0, 0.1) is 0 Å². The summed E-state index contributed by atoms with van der Waals surface area (Å²) >= 11 is 1.62. The first-order valence-corrected chi connectivity index (χ1v) is 6.14. The minimum atomic E-state index is 0.197. The van der Waals surface area contributed by atoms with Gasteiger partial charge in [-0.25, -0.2) is 4.98 Å². The topological polar surface area (TPSA) is 30.0 Å². The van der Waals surface area contributed by atoms with Crippen molar-refractivity contribution in [3.63, 3.8) is 0 Å². The van der Waals surface area contributed by atoms with Crippen LogP contribution in [0.1, 0.15) is 53.0 Å². The summed E-state index contributed by atoms with van der Waals surface area (Å²) in [5.74, 6) is 0.197. The molecule has 0 saturated carbocycles. The zero-order valence-electron chi connectivity index (χ0n) is 8.51. The number of Topliss-reactive ketones (excluding diaryl/α,β-unsaturated/α-hetero) is 1. The lowest BCUT2D eigenvalue weighted by atomic mass is 10.2. The third-order valence-electron chi connectivity index (χ3n) is 2.66. The maximum absolute atomic E-state index is 11.5. The lowest BCUT2D eigenvalue weighted by molar-refractivity contribution is 0.0987. The lowest BCUT2D eigenvalue weighted by Gasteiger charge is -1.91. The maximum atomic E-state index is 11.5. The Hall–Kier alpha value is -0.700. The van der Waals surface area contributed by atoms with Gasteiger partial charge < -0.3 is 0 Å². The number of aromatic nitrogens is 1. The molecular formula is C11H15NOS. The summed E-state index contributed by atoms with van der Waals surface area (Å²) in [5, 5.41) is 0.736. The summed E-state index contributed by atoms with van der Waals surface area (Å²) in [5.41, 5.74) is 1.20. The Kier molecular flexibility index (Phi) is 2.96. The van der Waals surface area contributed by atoms with Crippen LogP contribution in [0.25, 0.3) is 0 Å². The van der Waals surface area contributed by atoms with Gasteiger partial charge in [0.15, 0.2) is 10.8 Å². The summed E-state index contributed by atoms with van der Waals surface area (Å²) in [6, 6.07) is 0. The van der Waals surface area contributed by atoms with E-state index in [4.69, 9.17) is 0 Å². The first kappa shape index (κ1) is 9.84. The first-order valence-electron chi connectivity index (χ1n) is 5.33. The van der Waals surface area contributed by atoms with Crippen LogP contribution in [0.4, 0.5) is 0 Å². The number of hydrogen-bond acceptors (Lipinski definition) is 3. The van der Waals surface area contributed by atoms with Gasteiger partial charge in [-0.15, -0.1) is 11.3 Å². The molecule has 14 heavy (non-hydrogen) atoms. The van der Waals surface area contributed by atoms with Gasteiger partial charge in [-0.2, -0.15) is 0 Å². The third-order valence-corrected chi connectivity index (χ3v) is 3.85. The Morgan fingerprint density at radius 3 is 2.93 bits per heavy atom. The van der Waals surface area contributed by atoms with Crippen LogP contribution in [-0.4, -0.2) is 10.8 Å². The van der Waals surface area contributed by atoms with Crippen molar-refractivity contribution in [3.8, 4) is 0 Å². The van der Waals surface area contributed by atoms with Crippen molar-refractivity contribution in [2.24, 2.45) is 0 Å². The van der Waals surface area contributed by atoms with Crippen LogP contribution in [0.5, 0.6) is 0 Å². The van der Waals surface area contributed by atoms with E-state index in [0.717, 1.165) is 17.8 Å². The number of rotatable bonds is 2. The highest BCUT2D eigenvalue weighted by molar-refractivity contribution is 7.13. The van der Waals surface area contributed by atoms with Crippen LogP contribution >= 0.6 is 11.3 Å². The summed E-state index contributed by atoms with van der Waals surface area (Å²) in [7, 11) is 0. The van der Waals surface area contributed by atoms with E-state index in [0.29, 0.717) is 6.42 Å². The van der Waals surface area contributed by atoms with E-state index in [-0.39, 0.29) is 5.78 Å². The minimum Gasteiger partial charge on any atom is -0.292 e. The van der Waals surface area contributed by atoms with Gasteiger partial charge in [0, 0.05) is 11.3 Å². The van der Waals surface area contributed by atoms with Crippen molar-refractivity contribution in [1.82, 2.24) is 4.98 Å². The van der Waals surface area contributed by atoms with E-state index >= 15 is 0 Å². The molecule has 1 aliphatic rings. The molecule has 0 amide bonds. The van der Waals surface area contributed by atoms with E-state index in [9.17, 15) is 4.79 Å². The highest BCUT2D eigenvalue weighted by Crippen LogP contribution is 2.26. The predicted molar refractivity (Wildman–Crippen MR) is 58.0 cm³/mol. The standard InChI is InChI=1S/C11H15NOS/c1-2-9(13)11-12-8-6-4-3-5-7-10(8)14-11/h2-7H2,1H3. The van der Waals surface area contributed by atoms with Gasteiger partial charge in [0.1, 0.15) is 0 Å². The van der Waals surface area contributed by atoms with Crippen molar-refractivity contribution in [2.75, 3.05) is 0 Å². The fourth-order valence-electron chi connectivity index (χ4n) is 1.80. The predicted octanol–water partition coefficient (Wildman–Crippen LogP) is 3.00. The molecule has 1 aliphatic carbocycles. The Balaban J connectivity index is 2.26. The number of aryl methyl sites for hydroxylation is 2. The first-order chi connectivity index (χ1) is 6.81. The van der Waals surface area contributed by atoms with Crippen LogP contribution in [0.3, 0.4) is 0 Å². The fourth-order valence-corrected chi connectivity index (χ4v) is 2.96. The second kappa shape index (κ2) is 4.22. The highest BCUT2D eigenvalue weighted by Gasteiger charge is 2.16. The van der Waals surface area contributed by atoms with Crippen molar-refractivity contribution in [2.45, 2.75) is 45.4 Å². The Bertz CT molecular complexity index is 320. The highest BCUT2D eigenvalue weighted by atomic mass is 32.1. The molecule has 0 atom stereocenters. The number of ketones is 1. The molecule has 0 N–H and O–H groups in total. The van der Waals surface area contributed by atoms with E-state index < -0.39 is 0 Å². The second-order valence-electron chi connectivity index (χ2n) is 3.73. The summed E-state index contributed by atoms with van der Waals surface area (Å²) in [6.45, 7) is 1.90. The molecule has 0 fully saturated rings. The average Bonchev–Trinajstić information content (AvgIpc) is 2.49. The van der Waals surface area contributed by atoms with Crippen molar-refractivity contribution in [3.05, 3.63) is 15.6 Å². The molecule has 76 valence electrons. The average molecular weight is 209 g/mol. The summed E-state index contributed by atoms with van der Waals surface area (Å²) in [4.78, 5) is 17.3. The number of thiazole rings is 1. The molecule has 0 aliphatic heterocycles. The van der Waals surface area contributed by atoms with Gasteiger partial charge in [-0.05, 0) is 25.7 Å². The van der Waals surface area contributed by atoms with Gasteiger partial charge in [-0.3, -0.25) is 4.79 Å². The Morgan fingerprint density at radius 1 is 1.36 bits per heavy atom. The maximum Gasteiger partial charge on any atom is 0.191 e. The quantitative estimate of drug-likeness (QED) is 0.553. The molecule has 0 saturated heterocycles. The normalized spacial score (nSPS) is 16.1. The van der Waals surface area contributed by atoms with Crippen LogP contribution in [-0.2, 0) is 12.8 Å².